The van der Waals surface area contributed by atoms with Gasteiger partial charge in [0.15, 0.2) is 4.34 Å². The summed E-state index contributed by atoms with van der Waals surface area (Å²) in [4.78, 5) is 12.7. The fourth-order valence-corrected chi connectivity index (χ4v) is 5.58. The molecule has 2 atom stereocenters. The van der Waals surface area contributed by atoms with Crippen molar-refractivity contribution in [2.24, 2.45) is 0 Å². The highest BCUT2D eigenvalue weighted by Gasteiger charge is 2.21. The number of aromatic nitrogens is 2. The summed E-state index contributed by atoms with van der Waals surface area (Å²) in [5.74, 6) is -0.247. The van der Waals surface area contributed by atoms with Crippen molar-refractivity contribution >= 4 is 49.8 Å². The van der Waals surface area contributed by atoms with Gasteiger partial charge in [-0.2, -0.15) is 0 Å². The molecular weight excluding hydrogens is 446 g/mol. The second kappa shape index (κ2) is 10.1. The summed E-state index contributed by atoms with van der Waals surface area (Å²) in [6, 6.07) is 6.20. The van der Waals surface area contributed by atoms with Gasteiger partial charge in [-0.1, -0.05) is 29.2 Å². The maximum Gasteiger partial charge on any atom is 0.242 e. The van der Waals surface area contributed by atoms with Gasteiger partial charge in [-0.25, -0.2) is 12.7 Å². The van der Waals surface area contributed by atoms with Crippen LogP contribution in [0.5, 0.6) is 0 Å². The molecule has 1 fully saturated rings. The topological polar surface area (TPSA) is 114 Å². The Labute approximate surface area is 184 Å². The van der Waals surface area contributed by atoms with E-state index >= 15 is 0 Å². The number of rotatable bonds is 9. The van der Waals surface area contributed by atoms with E-state index in [2.05, 4.69) is 20.8 Å². The van der Waals surface area contributed by atoms with Crippen LogP contribution in [-0.2, 0) is 19.6 Å². The van der Waals surface area contributed by atoms with Gasteiger partial charge in [0.05, 0.1) is 16.2 Å². The van der Waals surface area contributed by atoms with Gasteiger partial charge in [0.2, 0.25) is 21.1 Å². The number of carbonyl (C=O) groups is 1. The van der Waals surface area contributed by atoms with Crippen molar-refractivity contribution in [1.82, 2.24) is 14.5 Å². The van der Waals surface area contributed by atoms with Gasteiger partial charge in [-0.05, 0) is 38.0 Å². The van der Waals surface area contributed by atoms with Crippen LogP contribution in [0.15, 0.2) is 33.5 Å². The van der Waals surface area contributed by atoms with Crippen molar-refractivity contribution < 1.29 is 17.9 Å². The first kappa shape index (κ1) is 22.9. The van der Waals surface area contributed by atoms with Crippen LogP contribution in [0.4, 0.5) is 10.8 Å². The quantitative estimate of drug-likeness (QED) is 0.536. The van der Waals surface area contributed by atoms with Crippen LogP contribution >= 0.6 is 23.1 Å². The molecule has 9 nitrogen and oxygen atoms in total. The van der Waals surface area contributed by atoms with Gasteiger partial charge in [-0.3, -0.25) is 4.79 Å². The normalized spacial score (nSPS) is 17.8. The van der Waals surface area contributed by atoms with E-state index in [-0.39, 0.29) is 16.9 Å². The van der Waals surface area contributed by atoms with Gasteiger partial charge in [0.1, 0.15) is 0 Å². The number of hydrogen-bond donors (Lipinski definition) is 2. The van der Waals surface area contributed by atoms with Crippen LogP contribution in [0, 0.1) is 0 Å². The molecule has 0 radical (unpaired) electrons. The zero-order valence-electron chi connectivity index (χ0n) is 17.0. The molecule has 0 unspecified atom stereocenters. The average molecular weight is 472 g/mol. The third-order valence-electron chi connectivity index (χ3n) is 4.44. The molecule has 3 rings (SSSR count). The van der Waals surface area contributed by atoms with E-state index in [1.165, 1.54) is 49.3 Å². The molecule has 12 heteroatoms. The SMILES string of the molecule is C[C@@H](Sc1nnc(NC[C@@H]2CCCO2)s1)C(=O)Nc1cccc(S(=O)(=O)N(C)C)c1. The third-order valence-corrected chi connectivity index (χ3v) is 8.31. The maximum absolute atomic E-state index is 12.6. The number of sulfonamides is 1. The van der Waals surface area contributed by atoms with Gasteiger partial charge < -0.3 is 15.4 Å². The fraction of sp³-hybridized carbons (Fsp3) is 0.500. The number of anilines is 2. The maximum atomic E-state index is 12.6. The van der Waals surface area contributed by atoms with Gasteiger partial charge in [0, 0.05) is 32.9 Å². The van der Waals surface area contributed by atoms with Gasteiger partial charge in [-0.15, -0.1) is 10.2 Å². The summed E-state index contributed by atoms with van der Waals surface area (Å²) < 4.78 is 31.9. The van der Waals surface area contributed by atoms with Crippen LogP contribution in [0.2, 0.25) is 0 Å². The second-order valence-electron chi connectivity index (χ2n) is 6.95. The largest absolute Gasteiger partial charge is 0.376 e. The molecule has 0 bridgehead atoms. The van der Waals surface area contributed by atoms with E-state index in [0.717, 1.165) is 23.8 Å². The standard InChI is InChI=1S/C18H25N5O4S3/c1-12(28-18-22-21-17(29-18)19-11-14-7-5-9-27-14)16(24)20-13-6-4-8-15(10-13)30(25,26)23(2)3/h4,6,8,10,12,14H,5,7,9,11H2,1-3H3,(H,19,21)(H,20,24)/t12-,14+/m1/s1. The fourth-order valence-electron chi connectivity index (χ4n) is 2.73. The molecule has 2 aromatic rings. The van der Waals surface area contributed by atoms with Crippen molar-refractivity contribution in [2.45, 2.75) is 40.4 Å². The number of nitrogens with one attached hydrogen (secondary N) is 2. The molecule has 1 aliphatic rings. The first-order valence-corrected chi connectivity index (χ1v) is 12.6. The first-order chi connectivity index (χ1) is 14.3. The Bertz CT molecular complexity index is 974. The minimum Gasteiger partial charge on any atom is -0.376 e. The minimum atomic E-state index is -3.57. The van der Waals surface area contributed by atoms with Crippen molar-refractivity contribution in [3.8, 4) is 0 Å². The molecular formula is C18H25N5O4S3. The molecule has 2 heterocycles. The monoisotopic (exact) mass is 471 g/mol. The lowest BCUT2D eigenvalue weighted by Crippen LogP contribution is -2.24. The van der Waals surface area contributed by atoms with Gasteiger partial charge in [0.25, 0.3) is 0 Å². The molecule has 1 aromatic heterocycles. The van der Waals surface area contributed by atoms with Crippen molar-refractivity contribution in [2.75, 3.05) is 37.9 Å². The molecule has 0 saturated carbocycles. The van der Waals surface area contributed by atoms with Crippen LogP contribution in [0.1, 0.15) is 19.8 Å². The Kier molecular flexibility index (Phi) is 7.69. The van der Waals surface area contributed by atoms with E-state index in [1.807, 2.05) is 0 Å². The molecule has 164 valence electrons. The molecule has 1 aromatic carbocycles. The first-order valence-electron chi connectivity index (χ1n) is 9.45. The van der Waals surface area contributed by atoms with Crippen LogP contribution in [-0.4, -0.2) is 67.4 Å². The Morgan fingerprint density at radius 3 is 2.90 bits per heavy atom. The number of ether oxygens (including phenoxy) is 1. The molecule has 1 saturated heterocycles. The number of amides is 1. The van der Waals surface area contributed by atoms with E-state index < -0.39 is 15.3 Å². The van der Waals surface area contributed by atoms with Gasteiger partial charge >= 0.3 is 0 Å². The molecule has 30 heavy (non-hydrogen) atoms. The lowest BCUT2D eigenvalue weighted by molar-refractivity contribution is -0.115. The minimum absolute atomic E-state index is 0.122. The Morgan fingerprint density at radius 1 is 1.40 bits per heavy atom. The number of thioether (sulfide) groups is 1. The van der Waals surface area contributed by atoms with Crippen LogP contribution in [0.3, 0.4) is 0 Å². The molecule has 2 N–H and O–H groups in total. The second-order valence-corrected chi connectivity index (χ2v) is 11.7. The summed E-state index contributed by atoms with van der Waals surface area (Å²) in [5.41, 5.74) is 0.423. The Balaban J connectivity index is 1.55. The number of nitrogens with zero attached hydrogens (tertiary/aromatic N) is 3. The summed E-state index contributed by atoms with van der Waals surface area (Å²) in [5, 5.41) is 14.5. The van der Waals surface area contributed by atoms with Crippen LogP contribution in [0.25, 0.3) is 0 Å². The van der Waals surface area contributed by atoms with Crippen molar-refractivity contribution in [3.63, 3.8) is 0 Å². The summed E-state index contributed by atoms with van der Waals surface area (Å²) in [6.07, 6.45) is 2.34. The van der Waals surface area contributed by atoms with E-state index in [9.17, 15) is 13.2 Å². The highest BCUT2D eigenvalue weighted by Crippen LogP contribution is 2.30. The molecule has 0 aliphatic carbocycles. The van der Waals surface area contributed by atoms with E-state index in [0.29, 0.717) is 21.7 Å². The zero-order valence-corrected chi connectivity index (χ0v) is 19.4. The van der Waals surface area contributed by atoms with Crippen molar-refractivity contribution in [1.29, 1.82) is 0 Å². The van der Waals surface area contributed by atoms with E-state index in [4.69, 9.17) is 4.74 Å². The number of hydrogen-bond acceptors (Lipinski definition) is 9. The van der Waals surface area contributed by atoms with Crippen LogP contribution < -0.4 is 10.6 Å². The summed E-state index contributed by atoms with van der Waals surface area (Å²) in [7, 11) is -0.642. The Hall–Kier alpha value is -1.73. The van der Waals surface area contributed by atoms with E-state index in [1.54, 1.807) is 19.1 Å². The number of carbonyl (C=O) groups excluding carboxylic acids is 1. The third kappa shape index (κ3) is 5.91. The molecule has 0 spiro atoms. The zero-order chi connectivity index (χ0) is 21.7. The summed E-state index contributed by atoms with van der Waals surface area (Å²) >= 11 is 2.69. The molecule has 1 amide bonds. The smallest absolute Gasteiger partial charge is 0.242 e. The molecule has 1 aliphatic heterocycles. The lowest BCUT2D eigenvalue weighted by atomic mass is 10.2. The predicted octanol–water partition coefficient (Wildman–Crippen LogP) is 2.50. The number of benzene rings is 1. The highest BCUT2D eigenvalue weighted by atomic mass is 32.2. The lowest BCUT2D eigenvalue weighted by Gasteiger charge is -2.14. The Morgan fingerprint density at radius 2 is 2.20 bits per heavy atom. The average Bonchev–Trinajstić information content (AvgIpc) is 3.38. The highest BCUT2D eigenvalue weighted by molar-refractivity contribution is 8.02. The summed E-state index contributed by atoms with van der Waals surface area (Å²) in [6.45, 7) is 3.27. The van der Waals surface area contributed by atoms with Crippen molar-refractivity contribution in [3.05, 3.63) is 24.3 Å². The predicted molar refractivity (Wildman–Crippen MR) is 119 cm³/mol.